The molecular weight excluding hydrogens is 330 g/mol. The molecule has 0 amide bonds. The summed E-state index contributed by atoms with van der Waals surface area (Å²) in [6.45, 7) is 6.84. The van der Waals surface area contributed by atoms with Crippen LogP contribution in [0.2, 0.25) is 0 Å². The van der Waals surface area contributed by atoms with E-state index in [0.29, 0.717) is 17.7 Å². The Balaban J connectivity index is 2.17. The van der Waals surface area contributed by atoms with E-state index >= 15 is 0 Å². The molecule has 1 aliphatic rings. The average Bonchev–Trinajstić information content (AvgIpc) is 2.77. The first-order chi connectivity index (χ1) is 10.9. The lowest BCUT2D eigenvalue weighted by atomic mass is 9.91. The van der Waals surface area contributed by atoms with Gasteiger partial charge in [0.05, 0.1) is 17.5 Å². The molecule has 2 rings (SSSR count). The molecule has 7 heteroatoms. The maximum Gasteiger partial charge on any atom is 0.338 e. The first-order valence-electron chi connectivity index (χ1n) is 7.74. The van der Waals surface area contributed by atoms with E-state index in [2.05, 4.69) is 0 Å². The van der Waals surface area contributed by atoms with Gasteiger partial charge in [0.1, 0.15) is 0 Å². The third-order valence-electron chi connectivity index (χ3n) is 4.00. The minimum atomic E-state index is -3.36. The molecule has 0 saturated heterocycles. The van der Waals surface area contributed by atoms with Crippen molar-refractivity contribution in [1.29, 1.82) is 0 Å². The van der Waals surface area contributed by atoms with Crippen molar-refractivity contribution in [2.24, 2.45) is 5.41 Å². The molecule has 132 valence electrons. The maximum atomic E-state index is 12.1. The summed E-state index contributed by atoms with van der Waals surface area (Å²) >= 11 is 0. The van der Waals surface area contributed by atoms with Crippen LogP contribution in [0.15, 0.2) is 18.2 Å². The SMILES string of the molecule is C[C@H]1Cc2cc(C(=O)OCC(=O)C(C)(C)C)ccc2N1S(C)(=O)=O. The molecule has 0 N–H and O–H groups in total. The highest BCUT2D eigenvalue weighted by atomic mass is 32.2. The molecule has 24 heavy (non-hydrogen) atoms. The fourth-order valence-corrected chi connectivity index (χ4v) is 3.93. The van der Waals surface area contributed by atoms with Gasteiger partial charge in [-0.05, 0) is 37.1 Å². The number of benzene rings is 1. The van der Waals surface area contributed by atoms with Crippen LogP contribution in [-0.2, 0) is 26.0 Å². The van der Waals surface area contributed by atoms with Crippen molar-refractivity contribution in [1.82, 2.24) is 0 Å². The second-order valence-electron chi connectivity index (χ2n) is 7.20. The molecule has 0 fully saturated rings. The number of ketones is 1. The minimum Gasteiger partial charge on any atom is -0.454 e. The summed E-state index contributed by atoms with van der Waals surface area (Å²) in [6, 6.07) is 4.59. The van der Waals surface area contributed by atoms with Crippen molar-refractivity contribution < 1.29 is 22.7 Å². The van der Waals surface area contributed by atoms with Crippen LogP contribution in [-0.4, -0.2) is 39.1 Å². The number of esters is 1. The standard InChI is InChI=1S/C17H23NO5S/c1-11-8-13-9-12(6-7-14(13)18(11)24(5,21)22)16(20)23-10-15(19)17(2,3)4/h6-7,9,11H,8,10H2,1-5H3/t11-/m0/s1. The van der Waals surface area contributed by atoms with Crippen molar-refractivity contribution in [3.63, 3.8) is 0 Å². The van der Waals surface area contributed by atoms with Crippen LogP contribution in [0.3, 0.4) is 0 Å². The Kier molecular flexibility index (Phi) is 4.77. The van der Waals surface area contributed by atoms with Gasteiger partial charge in [0.25, 0.3) is 0 Å². The molecule has 0 aromatic heterocycles. The van der Waals surface area contributed by atoms with Crippen LogP contribution in [0.4, 0.5) is 5.69 Å². The first-order valence-corrected chi connectivity index (χ1v) is 9.59. The lowest BCUT2D eigenvalue weighted by molar-refractivity contribution is -0.129. The number of fused-ring (bicyclic) bond motifs is 1. The third-order valence-corrected chi connectivity index (χ3v) is 5.27. The Morgan fingerprint density at radius 2 is 1.92 bits per heavy atom. The fourth-order valence-electron chi connectivity index (χ4n) is 2.67. The Labute approximate surface area is 142 Å². The number of nitrogens with zero attached hydrogens (tertiary/aromatic N) is 1. The van der Waals surface area contributed by atoms with Gasteiger partial charge >= 0.3 is 5.97 Å². The zero-order valence-electron chi connectivity index (χ0n) is 14.6. The quantitative estimate of drug-likeness (QED) is 0.775. The Morgan fingerprint density at radius 1 is 1.29 bits per heavy atom. The number of anilines is 1. The number of Topliss-reactive ketones (excluding diaryl/α,β-unsaturated/α-hetero) is 1. The number of rotatable bonds is 4. The molecule has 6 nitrogen and oxygen atoms in total. The molecule has 1 heterocycles. The van der Waals surface area contributed by atoms with Gasteiger partial charge in [0, 0.05) is 11.5 Å². The summed E-state index contributed by atoms with van der Waals surface area (Å²) in [5, 5.41) is 0. The number of ether oxygens (including phenoxy) is 1. The van der Waals surface area contributed by atoms with Crippen molar-refractivity contribution >= 4 is 27.5 Å². The molecule has 1 aliphatic heterocycles. The third kappa shape index (κ3) is 3.77. The highest BCUT2D eigenvalue weighted by molar-refractivity contribution is 7.92. The van der Waals surface area contributed by atoms with Crippen LogP contribution in [0.25, 0.3) is 0 Å². The lowest BCUT2D eigenvalue weighted by Crippen LogP contribution is -2.34. The van der Waals surface area contributed by atoms with E-state index in [1.54, 1.807) is 32.9 Å². The molecular formula is C17H23NO5S. The van der Waals surface area contributed by atoms with E-state index in [1.807, 2.05) is 6.92 Å². The van der Waals surface area contributed by atoms with Crippen molar-refractivity contribution in [3.8, 4) is 0 Å². The van der Waals surface area contributed by atoms with Crippen molar-refractivity contribution in [3.05, 3.63) is 29.3 Å². The fraction of sp³-hybridized carbons (Fsp3) is 0.529. The molecule has 0 saturated carbocycles. The van der Waals surface area contributed by atoms with Gasteiger partial charge in [-0.15, -0.1) is 0 Å². The lowest BCUT2D eigenvalue weighted by Gasteiger charge is -2.21. The van der Waals surface area contributed by atoms with Gasteiger partial charge in [-0.1, -0.05) is 20.8 Å². The molecule has 0 radical (unpaired) electrons. The van der Waals surface area contributed by atoms with Crippen LogP contribution < -0.4 is 4.31 Å². The summed E-state index contributed by atoms with van der Waals surface area (Å²) in [7, 11) is -3.36. The number of carbonyl (C=O) groups is 2. The Bertz CT molecular complexity index is 777. The van der Waals surface area contributed by atoms with Gasteiger partial charge in [-0.2, -0.15) is 0 Å². The molecule has 0 unspecified atom stereocenters. The first kappa shape index (κ1) is 18.4. The zero-order chi connectivity index (χ0) is 18.3. The largest absolute Gasteiger partial charge is 0.454 e. The van der Waals surface area contributed by atoms with Gasteiger partial charge in [-0.25, -0.2) is 13.2 Å². The number of sulfonamides is 1. The number of hydrogen-bond donors (Lipinski definition) is 0. The highest BCUT2D eigenvalue weighted by Gasteiger charge is 2.33. The Morgan fingerprint density at radius 3 is 2.46 bits per heavy atom. The molecule has 0 bridgehead atoms. The van der Waals surface area contributed by atoms with Crippen LogP contribution in [0, 0.1) is 5.41 Å². The van der Waals surface area contributed by atoms with Gasteiger partial charge in [0.2, 0.25) is 10.0 Å². The molecule has 1 aromatic rings. The van der Waals surface area contributed by atoms with Crippen molar-refractivity contribution in [2.75, 3.05) is 17.2 Å². The van der Waals surface area contributed by atoms with Gasteiger partial charge in [-0.3, -0.25) is 9.10 Å². The normalized spacial score (nSPS) is 17.5. The van der Waals surface area contributed by atoms with E-state index in [9.17, 15) is 18.0 Å². The topological polar surface area (TPSA) is 80.8 Å². The summed E-state index contributed by atoms with van der Waals surface area (Å²) in [5.41, 5.74) is 1.12. The van der Waals surface area contributed by atoms with Gasteiger partial charge < -0.3 is 4.74 Å². The highest BCUT2D eigenvalue weighted by Crippen LogP contribution is 2.34. The maximum absolute atomic E-state index is 12.1. The second-order valence-corrected chi connectivity index (χ2v) is 9.06. The smallest absolute Gasteiger partial charge is 0.338 e. The monoisotopic (exact) mass is 353 g/mol. The average molecular weight is 353 g/mol. The molecule has 1 aromatic carbocycles. The zero-order valence-corrected chi connectivity index (χ0v) is 15.4. The van der Waals surface area contributed by atoms with E-state index in [0.717, 1.165) is 5.56 Å². The summed E-state index contributed by atoms with van der Waals surface area (Å²) in [4.78, 5) is 24.0. The summed E-state index contributed by atoms with van der Waals surface area (Å²) < 4.78 is 30.2. The van der Waals surface area contributed by atoms with E-state index in [1.165, 1.54) is 16.6 Å². The van der Waals surface area contributed by atoms with E-state index in [-0.39, 0.29) is 18.4 Å². The number of carbonyl (C=O) groups excluding carboxylic acids is 2. The van der Waals surface area contributed by atoms with Crippen LogP contribution in [0.1, 0.15) is 43.6 Å². The Hall–Kier alpha value is -1.89. The minimum absolute atomic E-state index is 0.158. The van der Waals surface area contributed by atoms with E-state index < -0.39 is 21.4 Å². The molecule has 0 aliphatic carbocycles. The summed E-state index contributed by atoms with van der Waals surface area (Å²) in [6.07, 6.45) is 1.70. The molecule has 1 atom stereocenters. The van der Waals surface area contributed by atoms with E-state index in [4.69, 9.17) is 4.74 Å². The summed E-state index contributed by atoms with van der Waals surface area (Å²) in [5.74, 6) is -0.741. The second kappa shape index (κ2) is 6.20. The van der Waals surface area contributed by atoms with Gasteiger partial charge in [0.15, 0.2) is 12.4 Å². The molecule has 0 spiro atoms. The van der Waals surface area contributed by atoms with Crippen LogP contribution >= 0.6 is 0 Å². The van der Waals surface area contributed by atoms with Crippen LogP contribution in [0.5, 0.6) is 0 Å². The number of hydrogen-bond acceptors (Lipinski definition) is 5. The predicted octanol–water partition coefficient (Wildman–Crippen LogP) is 2.17. The predicted molar refractivity (Wildman–Crippen MR) is 91.7 cm³/mol. The van der Waals surface area contributed by atoms with Crippen molar-refractivity contribution in [2.45, 2.75) is 40.2 Å².